The predicted octanol–water partition coefficient (Wildman–Crippen LogP) is 3.57. The first-order valence-electron chi connectivity index (χ1n) is 7.58. The Morgan fingerprint density at radius 1 is 1.26 bits per heavy atom. The smallest absolute Gasteiger partial charge is 0.243 e. The molecule has 1 atom stereocenters. The lowest BCUT2D eigenvalue weighted by Crippen LogP contribution is -2.11. The molecule has 1 aromatic carbocycles. The fourth-order valence-corrected chi connectivity index (χ4v) is 3.52. The van der Waals surface area contributed by atoms with Crippen molar-refractivity contribution in [3.8, 4) is 5.88 Å². The first kappa shape index (κ1) is 15.8. The number of ether oxygens (including phenoxy) is 1. The first-order chi connectivity index (χ1) is 11.2. The van der Waals surface area contributed by atoms with Gasteiger partial charge in [-0.3, -0.25) is 4.68 Å². The number of nitrogens with zero attached hydrogens (tertiary/aromatic N) is 4. The van der Waals surface area contributed by atoms with Crippen LogP contribution in [0.2, 0.25) is 0 Å². The highest BCUT2D eigenvalue weighted by atomic mass is 32.2. The van der Waals surface area contributed by atoms with Crippen LogP contribution < -0.4 is 4.74 Å². The van der Waals surface area contributed by atoms with Crippen LogP contribution in [-0.4, -0.2) is 32.6 Å². The van der Waals surface area contributed by atoms with Crippen molar-refractivity contribution in [1.82, 2.24) is 19.7 Å². The van der Waals surface area contributed by atoms with Gasteiger partial charge in [0.1, 0.15) is 17.4 Å². The van der Waals surface area contributed by atoms with Gasteiger partial charge in [0.05, 0.1) is 13.3 Å². The third-order valence-electron chi connectivity index (χ3n) is 3.69. The van der Waals surface area contributed by atoms with E-state index in [4.69, 9.17) is 4.74 Å². The van der Waals surface area contributed by atoms with Crippen LogP contribution in [0.5, 0.6) is 5.88 Å². The van der Waals surface area contributed by atoms with Gasteiger partial charge < -0.3 is 4.74 Å². The second-order valence-corrected chi connectivity index (χ2v) is 6.69. The zero-order valence-electron chi connectivity index (χ0n) is 13.6. The van der Waals surface area contributed by atoms with E-state index in [0.29, 0.717) is 11.8 Å². The van der Waals surface area contributed by atoms with Gasteiger partial charge >= 0.3 is 0 Å². The van der Waals surface area contributed by atoms with E-state index < -0.39 is 0 Å². The zero-order valence-corrected chi connectivity index (χ0v) is 14.4. The van der Waals surface area contributed by atoms with Crippen LogP contribution in [-0.2, 0) is 6.54 Å². The van der Waals surface area contributed by atoms with Gasteiger partial charge in [-0.1, -0.05) is 25.1 Å². The van der Waals surface area contributed by atoms with Gasteiger partial charge in [0, 0.05) is 17.2 Å². The van der Waals surface area contributed by atoms with E-state index in [9.17, 15) is 0 Å². The summed E-state index contributed by atoms with van der Waals surface area (Å²) in [5, 5.41) is 4.44. The minimum Gasteiger partial charge on any atom is -0.479 e. The Bertz CT molecular complexity index is 802. The van der Waals surface area contributed by atoms with Crippen molar-refractivity contribution < 1.29 is 4.74 Å². The maximum atomic E-state index is 5.34. The number of thioether (sulfide) groups is 1. The highest BCUT2D eigenvalue weighted by Crippen LogP contribution is 2.26. The number of hydrogen-bond acceptors (Lipinski definition) is 5. The standard InChI is InChI=1S/C17H20N4OS/c1-12(10-23-15-7-5-4-6-13(15)2)9-21-16-14(8-20-21)18-11-19-17(16)22-3/h4-8,11-12H,9-10H2,1-3H3. The number of fused-ring (bicyclic) bond motifs is 1. The molecule has 2 heterocycles. The molecule has 0 radical (unpaired) electrons. The SMILES string of the molecule is COc1ncnc2cnn(CC(C)CSc3ccccc3C)c12. The molecule has 3 aromatic rings. The highest BCUT2D eigenvalue weighted by molar-refractivity contribution is 7.99. The van der Waals surface area contributed by atoms with Gasteiger partial charge in [-0.25, -0.2) is 4.98 Å². The van der Waals surface area contributed by atoms with Crippen molar-refractivity contribution in [2.75, 3.05) is 12.9 Å². The normalized spacial score (nSPS) is 12.5. The molecule has 5 nitrogen and oxygen atoms in total. The van der Waals surface area contributed by atoms with Gasteiger partial charge in [0.25, 0.3) is 0 Å². The molecule has 23 heavy (non-hydrogen) atoms. The van der Waals surface area contributed by atoms with E-state index in [0.717, 1.165) is 23.3 Å². The van der Waals surface area contributed by atoms with E-state index in [1.165, 1.54) is 16.8 Å². The first-order valence-corrected chi connectivity index (χ1v) is 8.56. The Hall–Kier alpha value is -2.08. The van der Waals surface area contributed by atoms with Crippen LogP contribution in [0.25, 0.3) is 11.0 Å². The molecule has 0 fully saturated rings. The molecule has 0 N–H and O–H groups in total. The molecule has 6 heteroatoms. The molecule has 0 bridgehead atoms. The van der Waals surface area contributed by atoms with E-state index in [1.54, 1.807) is 13.3 Å². The van der Waals surface area contributed by atoms with Crippen LogP contribution in [0.4, 0.5) is 0 Å². The number of hydrogen-bond donors (Lipinski definition) is 0. The lowest BCUT2D eigenvalue weighted by molar-refractivity contribution is 0.396. The number of aryl methyl sites for hydroxylation is 1. The Kier molecular flexibility index (Phi) is 4.81. The Balaban J connectivity index is 1.71. The number of aromatic nitrogens is 4. The molecule has 3 rings (SSSR count). The molecular weight excluding hydrogens is 308 g/mol. The van der Waals surface area contributed by atoms with Gasteiger partial charge in [0.15, 0.2) is 0 Å². The Labute approximate surface area is 140 Å². The molecule has 120 valence electrons. The minimum absolute atomic E-state index is 0.465. The molecule has 0 saturated heterocycles. The lowest BCUT2D eigenvalue weighted by atomic mass is 10.2. The van der Waals surface area contributed by atoms with Gasteiger partial charge in [-0.05, 0) is 24.5 Å². The number of benzene rings is 1. The lowest BCUT2D eigenvalue weighted by Gasteiger charge is -2.13. The molecule has 1 unspecified atom stereocenters. The molecule has 0 aliphatic heterocycles. The Morgan fingerprint density at radius 3 is 2.87 bits per heavy atom. The summed E-state index contributed by atoms with van der Waals surface area (Å²) in [6.07, 6.45) is 3.27. The quantitative estimate of drug-likeness (QED) is 0.648. The summed E-state index contributed by atoms with van der Waals surface area (Å²) < 4.78 is 7.28. The summed E-state index contributed by atoms with van der Waals surface area (Å²) >= 11 is 1.89. The molecule has 0 aliphatic rings. The zero-order chi connectivity index (χ0) is 16.2. The van der Waals surface area contributed by atoms with E-state index in [2.05, 4.69) is 53.2 Å². The minimum atomic E-state index is 0.465. The van der Waals surface area contributed by atoms with Crippen molar-refractivity contribution >= 4 is 22.8 Å². The van der Waals surface area contributed by atoms with Crippen molar-refractivity contribution in [2.45, 2.75) is 25.3 Å². The summed E-state index contributed by atoms with van der Waals surface area (Å²) in [7, 11) is 1.62. The van der Waals surface area contributed by atoms with E-state index >= 15 is 0 Å². The molecule has 0 amide bonds. The van der Waals surface area contributed by atoms with E-state index in [1.807, 2.05) is 16.4 Å². The van der Waals surface area contributed by atoms with Crippen LogP contribution in [0.3, 0.4) is 0 Å². The topological polar surface area (TPSA) is 52.8 Å². The van der Waals surface area contributed by atoms with Crippen molar-refractivity contribution in [2.24, 2.45) is 5.92 Å². The van der Waals surface area contributed by atoms with Gasteiger partial charge in [-0.2, -0.15) is 10.1 Å². The molecule has 0 aliphatic carbocycles. The average Bonchev–Trinajstić information content (AvgIpc) is 2.97. The van der Waals surface area contributed by atoms with E-state index in [-0.39, 0.29) is 0 Å². The highest BCUT2D eigenvalue weighted by Gasteiger charge is 2.13. The molecule has 0 spiro atoms. The number of rotatable bonds is 6. The summed E-state index contributed by atoms with van der Waals surface area (Å²) in [5.74, 6) is 2.07. The largest absolute Gasteiger partial charge is 0.479 e. The monoisotopic (exact) mass is 328 g/mol. The fourth-order valence-electron chi connectivity index (χ4n) is 2.48. The van der Waals surface area contributed by atoms with Crippen molar-refractivity contribution in [1.29, 1.82) is 0 Å². The summed E-state index contributed by atoms with van der Waals surface area (Å²) in [5.41, 5.74) is 3.00. The second kappa shape index (κ2) is 7.00. The van der Waals surface area contributed by atoms with Crippen LogP contribution in [0.1, 0.15) is 12.5 Å². The van der Waals surface area contributed by atoms with Crippen molar-refractivity contribution in [3.05, 3.63) is 42.4 Å². The Morgan fingerprint density at radius 2 is 2.09 bits per heavy atom. The van der Waals surface area contributed by atoms with Crippen LogP contribution >= 0.6 is 11.8 Å². The second-order valence-electron chi connectivity index (χ2n) is 5.63. The summed E-state index contributed by atoms with van der Waals surface area (Å²) in [6, 6.07) is 8.48. The molecular formula is C17H20N4OS. The van der Waals surface area contributed by atoms with Crippen LogP contribution in [0.15, 0.2) is 41.7 Å². The maximum Gasteiger partial charge on any atom is 0.243 e. The van der Waals surface area contributed by atoms with Gasteiger partial charge in [-0.15, -0.1) is 11.8 Å². The number of methoxy groups -OCH3 is 1. The molecule has 0 saturated carbocycles. The fraction of sp³-hybridized carbons (Fsp3) is 0.353. The van der Waals surface area contributed by atoms with Gasteiger partial charge in [0.2, 0.25) is 5.88 Å². The van der Waals surface area contributed by atoms with Crippen LogP contribution in [0, 0.1) is 12.8 Å². The van der Waals surface area contributed by atoms with Crippen molar-refractivity contribution in [3.63, 3.8) is 0 Å². The maximum absolute atomic E-state index is 5.34. The summed E-state index contributed by atoms with van der Waals surface area (Å²) in [6.45, 7) is 5.19. The predicted molar refractivity (Wildman–Crippen MR) is 92.9 cm³/mol. The third-order valence-corrected chi connectivity index (χ3v) is 5.19. The average molecular weight is 328 g/mol. The summed E-state index contributed by atoms with van der Waals surface area (Å²) in [4.78, 5) is 9.75. The third kappa shape index (κ3) is 3.47. The molecule has 2 aromatic heterocycles.